The molecule has 3 aromatic rings. The molecular formula is C21H24N4O3. The van der Waals surface area contributed by atoms with Gasteiger partial charge in [-0.1, -0.05) is 6.07 Å². The van der Waals surface area contributed by atoms with Gasteiger partial charge in [0.15, 0.2) is 11.5 Å². The monoisotopic (exact) mass is 380 g/mol. The van der Waals surface area contributed by atoms with E-state index in [1.165, 1.54) is 0 Å². The molecule has 0 aliphatic rings. The van der Waals surface area contributed by atoms with Crippen molar-refractivity contribution in [1.82, 2.24) is 14.8 Å². The van der Waals surface area contributed by atoms with E-state index in [4.69, 9.17) is 9.47 Å². The quantitative estimate of drug-likeness (QED) is 0.705. The van der Waals surface area contributed by atoms with Crippen LogP contribution in [-0.4, -0.2) is 27.8 Å². The number of carbonyl (C=O) groups is 1. The van der Waals surface area contributed by atoms with Crippen molar-refractivity contribution < 1.29 is 14.3 Å². The molecule has 2 aromatic heterocycles. The Kier molecular flexibility index (Phi) is 5.63. The average molecular weight is 380 g/mol. The maximum atomic E-state index is 12.4. The SMILES string of the molecule is COc1cc(C)ccc1Oc1ccc(NC(=O)Cc2c(C)nn(C)c2C)cn1. The van der Waals surface area contributed by atoms with Gasteiger partial charge in [-0.3, -0.25) is 9.48 Å². The fourth-order valence-electron chi connectivity index (χ4n) is 2.93. The summed E-state index contributed by atoms with van der Waals surface area (Å²) in [7, 11) is 3.47. The van der Waals surface area contributed by atoms with E-state index in [2.05, 4.69) is 15.4 Å². The van der Waals surface area contributed by atoms with Crippen LogP contribution in [0.15, 0.2) is 36.5 Å². The number of hydrogen-bond donors (Lipinski definition) is 1. The third-order valence-corrected chi connectivity index (χ3v) is 4.55. The molecule has 2 heterocycles. The first-order chi connectivity index (χ1) is 13.4. The fourth-order valence-corrected chi connectivity index (χ4v) is 2.93. The Labute approximate surface area is 164 Å². The van der Waals surface area contributed by atoms with Crippen LogP contribution in [0.1, 0.15) is 22.5 Å². The molecule has 0 aliphatic heterocycles. The molecule has 0 bridgehead atoms. The van der Waals surface area contributed by atoms with Gasteiger partial charge < -0.3 is 14.8 Å². The number of amides is 1. The molecule has 3 rings (SSSR count). The number of carbonyl (C=O) groups excluding carboxylic acids is 1. The summed E-state index contributed by atoms with van der Waals surface area (Å²) in [6.07, 6.45) is 1.83. The van der Waals surface area contributed by atoms with Gasteiger partial charge in [-0.2, -0.15) is 5.10 Å². The predicted octanol–water partition coefficient (Wildman–Crippen LogP) is 3.72. The second-order valence-electron chi connectivity index (χ2n) is 6.64. The van der Waals surface area contributed by atoms with Gasteiger partial charge in [-0.15, -0.1) is 0 Å². The fraction of sp³-hybridized carbons (Fsp3) is 0.286. The summed E-state index contributed by atoms with van der Waals surface area (Å²) >= 11 is 0. The number of rotatable bonds is 6. The maximum Gasteiger partial charge on any atom is 0.228 e. The highest BCUT2D eigenvalue weighted by molar-refractivity contribution is 5.92. The van der Waals surface area contributed by atoms with Crippen LogP contribution < -0.4 is 14.8 Å². The Hall–Kier alpha value is -3.35. The highest BCUT2D eigenvalue weighted by Gasteiger charge is 2.14. The largest absolute Gasteiger partial charge is 0.493 e. The van der Waals surface area contributed by atoms with Gasteiger partial charge >= 0.3 is 0 Å². The molecule has 28 heavy (non-hydrogen) atoms. The second kappa shape index (κ2) is 8.12. The van der Waals surface area contributed by atoms with Crippen molar-refractivity contribution in [2.24, 2.45) is 7.05 Å². The highest BCUT2D eigenvalue weighted by atomic mass is 16.5. The summed E-state index contributed by atoms with van der Waals surface area (Å²) in [5, 5.41) is 7.20. The van der Waals surface area contributed by atoms with E-state index in [-0.39, 0.29) is 12.3 Å². The van der Waals surface area contributed by atoms with Crippen molar-refractivity contribution in [3.05, 3.63) is 59.0 Å². The first-order valence-corrected chi connectivity index (χ1v) is 8.95. The van der Waals surface area contributed by atoms with Crippen LogP contribution in [0, 0.1) is 20.8 Å². The van der Waals surface area contributed by atoms with E-state index >= 15 is 0 Å². The topological polar surface area (TPSA) is 78.3 Å². The van der Waals surface area contributed by atoms with Gasteiger partial charge in [0, 0.05) is 24.4 Å². The lowest BCUT2D eigenvalue weighted by Gasteiger charge is -2.11. The van der Waals surface area contributed by atoms with E-state index in [0.717, 1.165) is 22.5 Å². The Morgan fingerprint density at radius 2 is 1.93 bits per heavy atom. The Morgan fingerprint density at radius 3 is 2.54 bits per heavy atom. The van der Waals surface area contributed by atoms with Gasteiger partial charge in [0.2, 0.25) is 11.8 Å². The first kappa shape index (κ1) is 19.4. The normalized spacial score (nSPS) is 10.6. The minimum absolute atomic E-state index is 0.116. The van der Waals surface area contributed by atoms with Crippen molar-refractivity contribution >= 4 is 11.6 Å². The number of hydrogen-bond acceptors (Lipinski definition) is 5. The van der Waals surface area contributed by atoms with Crippen molar-refractivity contribution in [2.75, 3.05) is 12.4 Å². The van der Waals surface area contributed by atoms with Crippen LogP contribution in [0.3, 0.4) is 0 Å². The molecule has 0 saturated heterocycles. The van der Waals surface area contributed by atoms with Crippen LogP contribution in [0.2, 0.25) is 0 Å². The summed E-state index contributed by atoms with van der Waals surface area (Å²) in [6.45, 7) is 5.84. The summed E-state index contributed by atoms with van der Waals surface area (Å²) in [5.74, 6) is 1.52. The van der Waals surface area contributed by atoms with Gasteiger partial charge in [-0.25, -0.2) is 4.98 Å². The van der Waals surface area contributed by atoms with E-state index < -0.39 is 0 Å². The molecule has 1 aromatic carbocycles. The Morgan fingerprint density at radius 1 is 1.14 bits per heavy atom. The lowest BCUT2D eigenvalue weighted by atomic mass is 10.1. The molecule has 1 N–H and O–H groups in total. The van der Waals surface area contributed by atoms with Crippen molar-refractivity contribution in [3.8, 4) is 17.4 Å². The number of aromatic nitrogens is 3. The van der Waals surface area contributed by atoms with Crippen LogP contribution in [0.25, 0.3) is 0 Å². The maximum absolute atomic E-state index is 12.4. The molecular weight excluding hydrogens is 356 g/mol. The molecule has 0 fully saturated rings. The second-order valence-corrected chi connectivity index (χ2v) is 6.64. The standard InChI is InChI=1S/C21H24N4O3/c1-13-6-8-18(19(10-13)27-5)28-21-9-7-16(12-22-21)23-20(26)11-17-14(2)24-25(4)15(17)3/h6-10,12H,11H2,1-5H3,(H,23,26). The molecule has 0 spiro atoms. The lowest BCUT2D eigenvalue weighted by Crippen LogP contribution is -2.15. The lowest BCUT2D eigenvalue weighted by molar-refractivity contribution is -0.115. The molecule has 7 nitrogen and oxygen atoms in total. The molecule has 0 radical (unpaired) electrons. The number of benzene rings is 1. The number of nitrogens with zero attached hydrogens (tertiary/aromatic N) is 3. The number of anilines is 1. The van der Waals surface area contributed by atoms with Gasteiger partial charge in [0.05, 0.1) is 31.1 Å². The summed E-state index contributed by atoms with van der Waals surface area (Å²) in [4.78, 5) is 16.6. The average Bonchev–Trinajstić information content (AvgIpc) is 2.90. The summed E-state index contributed by atoms with van der Waals surface area (Å²) < 4.78 is 12.9. The predicted molar refractivity (Wildman–Crippen MR) is 107 cm³/mol. The smallest absolute Gasteiger partial charge is 0.228 e. The molecule has 0 atom stereocenters. The summed E-state index contributed by atoms with van der Waals surface area (Å²) in [6, 6.07) is 9.13. The molecule has 0 unspecified atom stereocenters. The zero-order chi connectivity index (χ0) is 20.3. The van der Waals surface area contributed by atoms with Crippen LogP contribution in [0.4, 0.5) is 5.69 Å². The zero-order valence-corrected chi connectivity index (χ0v) is 16.7. The van der Waals surface area contributed by atoms with Crippen molar-refractivity contribution in [1.29, 1.82) is 0 Å². The van der Waals surface area contributed by atoms with E-state index in [1.54, 1.807) is 30.1 Å². The van der Waals surface area contributed by atoms with Crippen molar-refractivity contribution in [2.45, 2.75) is 27.2 Å². The van der Waals surface area contributed by atoms with E-state index in [1.807, 2.05) is 46.0 Å². The Balaban J connectivity index is 1.65. The summed E-state index contributed by atoms with van der Waals surface area (Å²) in [5.41, 5.74) is 4.48. The third-order valence-electron chi connectivity index (χ3n) is 4.55. The molecule has 0 saturated carbocycles. The van der Waals surface area contributed by atoms with Crippen LogP contribution in [-0.2, 0) is 18.3 Å². The number of pyridine rings is 1. The van der Waals surface area contributed by atoms with E-state index in [0.29, 0.717) is 23.1 Å². The third kappa shape index (κ3) is 4.31. The number of aryl methyl sites for hydroxylation is 3. The molecule has 146 valence electrons. The van der Waals surface area contributed by atoms with E-state index in [9.17, 15) is 4.79 Å². The molecule has 0 aliphatic carbocycles. The minimum Gasteiger partial charge on any atom is -0.493 e. The number of ether oxygens (including phenoxy) is 2. The van der Waals surface area contributed by atoms with Crippen LogP contribution >= 0.6 is 0 Å². The highest BCUT2D eigenvalue weighted by Crippen LogP contribution is 2.31. The van der Waals surface area contributed by atoms with Gasteiger partial charge in [-0.05, 0) is 44.5 Å². The number of nitrogens with one attached hydrogen (secondary N) is 1. The van der Waals surface area contributed by atoms with Crippen LogP contribution in [0.5, 0.6) is 17.4 Å². The minimum atomic E-state index is -0.116. The first-order valence-electron chi connectivity index (χ1n) is 8.95. The Bertz CT molecular complexity index is 994. The molecule has 7 heteroatoms. The van der Waals surface area contributed by atoms with Crippen molar-refractivity contribution in [3.63, 3.8) is 0 Å². The van der Waals surface area contributed by atoms with Gasteiger partial charge in [0.1, 0.15) is 0 Å². The molecule has 1 amide bonds. The van der Waals surface area contributed by atoms with Gasteiger partial charge in [0.25, 0.3) is 0 Å². The zero-order valence-electron chi connectivity index (χ0n) is 16.7. The number of methoxy groups -OCH3 is 1.